The van der Waals surface area contributed by atoms with Crippen LogP contribution in [-0.4, -0.2) is 80.7 Å². The van der Waals surface area contributed by atoms with E-state index in [0.29, 0.717) is 19.6 Å². The van der Waals surface area contributed by atoms with Crippen molar-refractivity contribution in [3.63, 3.8) is 0 Å². The van der Waals surface area contributed by atoms with Crippen molar-refractivity contribution in [3.8, 4) is 5.75 Å². The fourth-order valence-corrected chi connectivity index (χ4v) is 2.95. The van der Waals surface area contributed by atoms with Crippen LogP contribution >= 0.6 is 0 Å². The van der Waals surface area contributed by atoms with Gasteiger partial charge in [0.2, 0.25) is 5.91 Å². The quantitative estimate of drug-likeness (QED) is 0.743. The fraction of sp³-hybridized carbons (Fsp3) is 0.556. The average Bonchev–Trinajstić information content (AvgIpc) is 2.61. The van der Waals surface area contributed by atoms with Crippen LogP contribution in [0.15, 0.2) is 24.3 Å². The summed E-state index contributed by atoms with van der Waals surface area (Å²) in [5.41, 5.74) is 0. The molecule has 0 spiro atoms. The van der Waals surface area contributed by atoms with Gasteiger partial charge in [-0.1, -0.05) is 12.1 Å². The number of halogens is 1. The third-order valence-electron chi connectivity index (χ3n) is 4.62. The van der Waals surface area contributed by atoms with Gasteiger partial charge in [0.1, 0.15) is 0 Å². The van der Waals surface area contributed by atoms with E-state index in [4.69, 9.17) is 9.47 Å². The molecule has 2 fully saturated rings. The highest BCUT2D eigenvalue weighted by Gasteiger charge is 2.35. The summed E-state index contributed by atoms with van der Waals surface area (Å²) in [4.78, 5) is 27.9. The van der Waals surface area contributed by atoms with Gasteiger partial charge in [0.25, 0.3) is 5.91 Å². The van der Waals surface area contributed by atoms with E-state index in [9.17, 15) is 14.0 Å². The van der Waals surface area contributed by atoms with Crippen molar-refractivity contribution in [2.45, 2.75) is 0 Å². The van der Waals surface area contributed by atoms with Crippen LogP contribution in [0.3, 0.4) is 0 Å². The Morgan fingerprint density at radius 1 is 1.23 bits per heavy atom. The smallest absolute Gasteiger partial charge is 0.260 e. The largest absolute Gasteiger partial charge is 0.481 e. The van der Waals surface area contributed by atoms with Crippen molar-refractivity contribution in [3.05, 3.63) is 30.1 Å². The lowest BCUT2D eigenvalue weighted by Gasteiger charge is -2.38. The number of likely N-dealkylation sites (tertiary alicyclic amines) is 1. The van der Waals surface area contributed by atoms with Crippen molar-refractivity contribution >= 4 is 11.8 Å². The number of para-hydroxylation sites is 1. The lowest BCUT2D eigenvalue weighted by atomic mass is 9.99. The van der Waals surface area contributed by atoms with E-state index in [1.807, 2.05) is 0 Å². The molecule has 0 saturated carbocycles. The molecule has 7 nitrogen and oxygen atoms in total. The van der Waals surface area contributed by atoms with Gasteiger partial charge in [-0.2, -0.15) is 0 Å². The van der Waals surface area contributed by atoms with Crippen LogP contribution in [0.25, 0.3) is 0 Å². The first-order valence-corrected chi connectivity index (χ1v) is 8.86. The van der Waals surface area contributed by atoms with Crippen LogP contribution in [0.2, 0.25) is 0 Å². The van der Waals surface area contributed by atoms with Crippen LogP contribution in [0.5, 0.6) is 5.75 Å². The molecule has 1 N–H and O–H groups in total. The normalized spacial score (nSPS) is 18.3. The highest BCUT2D eigenvalue weighted by molar-refractivity contribution is 5.85. The van der Waals surface area contributed by atoms with Gasteiger partial charge in [-0.3, -0.25) is 14.5 Å². The van der Waals surface area contributed by atoms with Crippen LogP contribution in [0.4, 0.5) is 4.39 Å². The van der Waals surface area contributed by atoms with E-state index in [1.165, 1.54) is 12.1 Å². The summed E-state index contributed by atoms with van der Waals surface area (Å²) in [5, 5.41) is 2.92. The minimum Gasteiger partial charge on any atom is -0.481 e. The zero-order chi connectivity index (χ0) is 18.4. The Balaban J connectivity index is 1.31. The maximum atomic E-state index is 13.4. The molecule has 0 aliphatic carbocycles. The van der Waals surface area contributed by atoms with Crippen molar-refractivity contribution in [2.24, 2.45) is 5.92 Å². The number of amides is 2. The second-order valence-corrected chi connectivity index (χ2v) is 6.46. The van der Waals surface area contributed by atoms with Crippen molar-refractivity contribution in [2.75, 3.05) is 59.1 Å². The van der Waals surface area contributed by atoms with Gasteiger partial charge >= 0.3 is 0 Å². The summed E-state index contributed by atoms with van der Waals surface area (Å²) in [6.45, 7) is 5.19. The molecule has 0 atom stereocenters. The number of morpholine rings is 1. The van der Waals surface area contributed by atoms with Gasteiger partial charge in [0, 0.05) is 39.3 Å². The SMILES string of the molecule is O=C(NCCN1CCOCC1)C1CN(C(=O)COc2ccccc2F)C1. The molecule has 0 aromatic heterocycles. The Kier molecular flexibility index (Phi) is 6.40. The predicted octanol–water partition coefficient (Wildman–Crippen LogP) is 0.111. The van der Waals surface area contributed by atoms with Gasteiger partial charge in [-0.25, -0.2) is 4.39 Å². The molecule has 2 heterocycles. The third kappa shape index (κ3) is 4.92. The van der Waals surface area contributed by atoms with Gasteiger partial charge in [-0.05, 0) is 12.1 Å². The summed E-state index contributed by atoms with van der Waals surface area (Å²) in [5.74, 6) is -0.903. The average molecular weight is 365 g/mol. The van der Waals surface area contributed by atoms with E-state index in [2.05, 4.69) is 10.2 Å². The van der Waals surface area contributed by atoms with E-state index in [0.717, 1.165) is 32.8 Å². The summed E-state index contributed by atoms with van der Waals surface area (Å²) in [6.07, 6.45) is 0. The van der Waals surface area contributed by atoms with E-state index in [1.54, 1.807) is 17.0 Å². The van der Waals surface area contributed by atoms with Gasteiger partial charge in [0.15, 0.2) is 18.2 Å². The number of nitrogens with one attached hydrogen (secondary N) is 1. The zero-order valence-corrected chi connectivity index (χ0v) is 14.7. The molecular formula is C18H24FN3O4. The summed E-state index contributed by atoms with van der Waals surface area (Å²) in [6, 6.07) is 5.95. The highest BCUT2D eigenvalue weighted by Crippen LogP contribution is 2.18. The van der Waals surface area contributed by atoms with Gasteiger partial charge in [-0.15, -0.1) is 0 Å². The molecule has 3 rings (SSSR count). The molecule has 1 aromatic rings. The van der Waals surface area contributed by atoms with Crippen LogP contribution in [0.1, 0.15) is 0 Å². The Hall–Kier alpha value is -2.19. The van der Waals surface area contributed by atoms with Crippen molar-refractivity contribution in [1.29, 1.82) is 0 Å². The fourth-order valence-electron chi connectivity index (χ4n) is 2.95. The third-order valence-corrected chi connectivity index (χ3v) is 4.62. The zero-order valence-electron chi connectivity index (χ0n) is 14.7. The summed E-state index contributed by atoms with van der Waals surface area (Å²) in [7, 11) is 0. The number of nitrogens with zero attached hydrogens (tertiary/aromatic N) is 2. The predicted molar refractivity (Wildman–Crippen MR) is 92.2 cm³/mol. The first kappa shape index (κ1) is 18.6. The number of carbonyl (C=O) groups is 2. The first-order valence-electron chi connectivity index (χ1n) is 8.86. The number of rotatable bonds is 7. The molecule has 2 aliphatic heterocycles. The number of ether oxygens (including phenoxy) is 2. The van der Waals surface area contributed by atoms with Crippen LogP contribution in [0, 0.1) is 11.7 Å². The van der Waals surface area contributed by atoms with E-state index < -0.39 is 5.82 Å². The lowest BCUT2D eigenvalue weighted by Crippen LogP contribution is -2.57. The molecule has 2 amide bonds. The van der Waals surface area contributed by atoms with E-state index in [-0.39, 0.29) is 30.1 Å². The lowest BCUT2D eigenvalue weighted by molar-refractivity contribution is -0.144. The van der Waals surface area contributed by atoms with Gasteiger partial charge < -0.3 is 19.7 Å². The van der Waals surface area contributed by atoms with Gasteiger partial charge in [0.05, 0.1) is 19.1 Å². The number of carbonyl (C=O) groups excluding carboxylic acids is 2. The molecule has 1 aromatic carbocycles. The molecule has 0 bridgehead atoms. The molecule has 2 saturated heterocycles. The Labute approximate surface area is 152 Å². The molecular weight excluding hydrogens is 341 g/mol. The number of hydrogen-bond acceptors (Lipinski definition) is 5. The molecule has 2 aliphatic rings. The molecule has 142 valence electrons. The maximum absolute atomic E-state index is 13.4. The van der Waals surface area contributed by atoms with E-state index >= 15 is 0 Å². The monoisotopic (exact) mass is 365 g/mol. The molecule has 0 unspecified atom stereocenters. The number of benzene rings is 1. The van der Waals surface area contributed by atoms with Crippen LogP contribution < -0.4 is 10.1 Å². The summed E-state index contributed by atoms with van der Waals surface area (Å²) >= 11 is 0. The van der Waals surface area contributed by atoms with Crippen LogP contribution in [-0.2, 0) is 14.3 Å². The minimum absolute atomic E-state index is 0.0302. The Bertz CT molecular complexity index is 631. The maximum Gasteiger partial charge on any atom is 0.260 e. The first-order chi connectivity index (χ1) is 12.6. The van der Waals surface area contributed by atoms with Crippen molar-refractivity contribution in [1.82, 2.24) is 15.1 Å². The second-order valence-electron chi connectivity index (χ2n) is 6.46. The second kappa shape index (κ2) is 8.95. The molecule has 8 heteroatoms. The minimum atomic E-state index is -0.499. The Morgan fingerprint density at radius 2 is 1.96 bits per heavy atom. The summed E-state index contributed by atoms with van der Waals surface area (Å²) < 4.78 is 23.9. The standard InChI is InChI=1S/C18H24FN3O4/c19-15-3-1-2-4-16(15)26-13-17(23)22-11-14(12-22)18(24)20-5-6-21-7-9-25-10-8-21/h1-4,14H,5-13H2,(H,20,24). The molecule has 0 radical (unpaired) electrons. The highest BCUT2D eigenvalue weighted by atomic mass is 19.1. The Morgan fingerprint density at radius 3 is 2.69 bits per heavy atom. The molecule has 26 heavy (non-hydrogen) atoms. The number of hydrogen-bond donors (Lipinski definition) is 1. The van der Waals surface area contributed by atoms with Crippen molar-refractivity contribution < 1.29 is 23.5 Å². The topological polar surface area (TPSA) is 71.1 Å².